The van der Waals surface area contributed by atoms with Gasteiger partial charge in [0.2, 0.25) is 5.91 Å². The van der Waals surface area contributed by atoms with Crippen molar-refractivity contribution in [3.63, 3.8) is 0 Å². The first kappa shape index (κ1) is 16.7. The number of carbonyl (C=O) groups excluding carboxylic acids is 1. The van der Waals surface area contributed by atoms with Crippen molar-refractivity contribution >= 4 is 72.5 Å². The molecular weight excluding hydrogens is 439 g/mol. The Morgan fingerprint density at radius 1 is 1.24 bits per heavy atom. The number of rotatable bonds is 4. The minimum absolute atomic E-state index is 0.101. The van der Waals surface area contributed by atoms with E-state index in [2.05, 4.69) is 37.2 Å². The van der Waals surface area contributed by atoms with E-state index >= 15 is 0 Å². The highest BCUT2D eigenvalue weighted by atomic mass is 79.9. The second-order valence-corrected chi connectivity index (χ2v) is 7.35. The van der Waals surface area contributed by atoms with Crippen LogP contribution in [0.15, 0.2) is 50.2 Å². The maximum absolute atomic E-state index is 12.0. The number of nitrogen functional groups attached to an aromatic ring is 1. The molecule has 0 fully saturated rings. The lowest BCUT2D eigenvalue weighted by molar-refractivity contribution is -0.113. The molecule has 0 aliphatic heterocycles. The number of nitrogens with one attached hydrogen (secondary N) is 1. The zero-order valence-corrected chi connectivity index (χ0v) is 15.4. The first-order valence-electron chi connectivity index (χ1n) is 5.88. The van der Waals surface area contributed by atoms with Gasteiger partial charge in [-0.2, -0.15) is 0 Å². The molecule has 2 aromatic carbocycles. The quantitative estimate of drug-likeness (QED) is 0.499. The van der Waals surface area contributed by atoms with E-state index in [9.17, 15) is 4.79 Å². The normalized spacial score (nSPS) is 10.4. The maximum atomic E-state index is 12.0. The SMILES string of the molecule is Nc1ccc(SCC(=O)Nc2ccc(Br)cc2Br)c(Cl)c1. The van der Waals surface area contributed by atoms with Gasteiger partial charge in [0.15, 0.2) is 0 Å². The Kier molecular flexibility index (Phi) is 5.98. The van der Waals surface area contributed by atoms with E-state index in [1.165, 1.54) is 11.8 Å². The molecule has 1 amide bonds. The van der Waals surface area contributed by atoms with Crippen LogP contribution in [0.3, 0.4) is 0 Å². The molecular formula is C14H11Br2ClN2OS. The average Bonchev–Trinajstić information content (AvgIpc) is 2.41. The fourth-order valence-corrected chi connectivity index (χ4v) is 3.77. The molecule has 0 spiro atoms. The van der Waals surface area contributed by atoms with Gasteiger partial charge in [0.25, 0.3) is 0 Å². The van der Waals surface area contributed by atoms with Crippen LogP contribution in [-0.2, 0) is 4.79 Å². The summed E-state index contributed by atoms with van der Waals surface area (Å²) in [6.07, 6.45) is 0. The Labute approximate surface area is 148 Å². The fourth-order valence-electron chi connectivity index (χ4n) is 1.55. The van der Waals surface area contributed by atoms with Crippen molar-refractivity contribution in [2.24, 2.45) is 0 Å². The van der Waals surface area contributed by atoms with E-state index in [4.69, 9.17) is 17.3 Å². The van der Waals surface area contributed by atoms with Crippen LogP contribution in [-0.4, -0.2) is 11.7 Å². The van der Waals surface area contributed by atoms with Crippen LogP contribution in [0, 0.1) is 0 Å². The number of carbonyl (C=O) groups is 1. The molecule has 0 aliphatic rings. The molecule has 0 heterocycles. The molecule has 7 heteroatoms. The van der Waals surface area contributed by atoms with Gasteiger partial charge in [0.05, 0.1) is 16.5 Å². The second kappa shape index (κ2) is 7.54. The molecule has 0 radical (unpaired) electrons. The minimum Gasteiger partial charge on any atom is -0.399 e. The summed E-state index contributed by atoms with van der Waals surface area (Å²) in [6, 6.07) is 10.8. The molecule has 2 aromatic rings. The predicted octanol–water partition coefficient (Wildman–Crippen LogP) is 5.18. The second-order valence-electron chi connectivity index (χ2n) is 4.15. The average molecular weight is 451 g/mol. The summed E-state index contributed by atoms with van der Waals surface area (Å²) in [6.45, 7) is 0. The Bertz CT molecular complexity index is 682. The van der Waals surface area contributed by atoms with Crippen molar-refractivity contribution in [1.29, 1.82) is 0 Å². The third-order valence-corrected chi connectivity index (χ3v) is 5.17. The van der Waals surface area contributed by atoms with Crippen molar-refractivity contribution < 1.29 is 4.79 Å². The number of nitrogens with two attached hydrogens (primary N) is 1. The predicted molar refractivity (Wildman–Crippen MR) is 97.1 cm³/mol. The van der Waals surface area contributed by atoms with Gasteiger partial charge in [-0.3, -0.25) is 4.79 Å². The highest BCUT2D eigenvalue weighted by molar-refractivity contribution is 9.11. The van der Waals surface area contributed by atoms with Gasteiger partial charge in [-0.1, -0.05) is 27.5 Å². The molecule has 0 saturated carbocycles. The van der Waals surface area contributed by atoms with Crippen LogP contribution in [0.2, 0.25) is 5.02 Å². The third-order valence-electron chi connectivity index (χ3n) is 2.52. The molecule has 0 atom stereocenters. The number of hydrogen-bond acceptors (Lipinski definition) is 3. The van der Waals surface area contributed by atoms with Crippen LogP contribution in [0.25, 0.3) is 0 Å². The largest absolute Gasteiger partial charge is 0.399 e. The Morgan fingerprint density at radius 2 is 2.00 bits per heavy atom. The Balaban J connectivity index is 1.96. The lowest BCUT2D eigenvalue weighted by Crippen LogP contribution is -2.14. The molecule has 3 nitrogen and oxygen atoms in total. The van der Waals surface area contributed by atoms with E-state index in [0.29, 0.717) is 10.7 Å². The summed E-state index contributed by atoms with van der Waals surface area (Å²) in [7, 11) is 0. The van der Waals surface area contributed by atoms with Gasteiger partial charge in [-0.05, 0) is 52.3 Å². The van der Waals surface area contributed by atoms with Crippen LogP contribution < -0.4 is 11.1 Å². The zero-order valence-electron chi connectivity index (χ0n) is 10.7. The van der Waals surface area contributed by atoms with Crippen LogP contribution in [0.5, 0.6) is 0 Å². The van der Waals surface area contributed by atoms with Crippen molar-refractivity contribution in [2.75, 3.05) is 16.8 Å². The molecule has 2 rings (SSSR count). The summed E-state index contributed by atoms with van der Waals surface area (Å²) in [5, 5.41) is 3.40. The van der Waals surface area contributed by atoms with Crippen LogP contribution >= 0.6 is 55.2 Å². The maximum Gasteiger partial charge on any atom is 0.234 e. The molecule has 110 valence electrons. The standard InChI is InChI=1S/C14H11Br2ClN2OS/c15-8-1-3-12(10(16)5-8)19-14(20)7-21-13-4-2-9(18)6-11(13)17/h1-6H,7,18H2,(H,19,20). The molecule has 0 unspecified atom stereocenters. The molecule has 0 saturated heterocycles. The first-order valence-corrected chi connectivity index (χ1v) is 8.83. The van der Waals surface area contributed by atoms with Crippen LogP contribution in [0.4, 0.5) is 11.4 Å². The van der Waals surface area contributed by atoms with E-state index in [1.807, 2.05) is 24.3 Å². The van der Waals surface area contributed by atoms with E-state index in [0.717, 1.165) is 19.5 Å². The summed E-state index contributed by atoms with van der Waals surface area (Å²) in [4.78, 5) is 12.8. The van der Waals surface area contributed by atoms with Gasteiger partial charge in [-0.25, -0.2) is 0 Å². The molecule has 0 bridgehead atoms. The summed E-state index contributed by atoms with van der Waals surface area (Å²) >= 11 is 14.2. The highest BCUT2D eigenvalue weighted by Crippen LogP contribution is 2.30. The van der Waals surface area contributed by atoms with Crippen molar-refractivity contribution in [2.45, 2.75) is 4.90 Å². The number of halogens is 3. The van der Waals surface area contributed by atoms with Crippen molar-refractivity contribution in [1.82, 2.24) is 0 Å². The topological polar surface area (TPSA) is 55.1 Å². The first-order chi connectivity index (χ1) is 9.95. The summed E-state index contributed by atoms with van der Waals surface area (Å²) < 4.78 is 1.76. The number of anilines is 2. The lowest BCUT2D eigenvalue weighted by atomic mass is 10.3. The number of hydrogen-bond donors (Lipinski definition) is 2. The van der Waals surface area contributed by atoms with Crippen molar-refractivity contribution in [3.8, 4) is 0 Å². The van der Waals surface area contributed by atoms with Crippen LogP contribution in [0.1, 0.15) is 0 Å². The van der Waals surface area contributed by atoms with Gasteiger partial charge >= 0.3 is 0 Å². The minimum atomic E-state index is -0.101. The van der Waals surface area contributed by atoms with Gasteiger partial charge in [0, 0.05) is 19.5 Å². The van der Waals surface area contributed by atoms with Gasteiger partial charge in [0.1, 0.15) is 0 Å². The lowest BCUT2D eigenvalue weighted by Gasteiger charge is -2.08. The third kappa shape index (κ3) is 4.92. The summed E-state index contributed by atoms with van der Waals surface area (Å²) in [5.74, 6) is 0.169. The smallest absolute Gasteiger partial charge is 0.234 e. The molecule has 0 aliphatic carbocycles. The number of benzene rings is 2. The number of thioether (sulfide) groups is 1. The van der Waals surface area contributed by atoms with Gasteiger partial charge in [-0.15, -0.1) is 11.8 Å². The number of amides is 1. The van der Waals surface area contributed by atoms with E-state index in [-0.39, 0.29) is 11.7 Å². The monoisotopic (exact) mass is 448 g/mol. The summed E-state index contributed by atoms with van der Waals surface area (Å²) in [5.41, 5.74) is 6.97. The van der Waals surface area contributed by atoms with E-state index < -0.39 is 0 Å². The molecule has 0 aromatic heterocycles. The van der Waals surface area contributed by atoms with Crippen molar-refractivity contribution in [3.05, 3.63) is 50.4 Å². The molecule has 21 heavy (non-hydrogen) atoms. The Hall–Kier alpha value is -0.690. The Morgan fingerprint density at radius 3 is 2.67 bits per heavy atom. The molecule has 3 N–H and O–H groups in total. The fraction of sp³-hybridized carbons (Fsp3) is 0.0714. The van der Waals surface area contributed by atoms with E-state index in [1.54, 1.807) is 12.1 Å². The van der Waals surface area contributed by atoms with Gasteiger partial charge < -0.3 is 11.1 Å². The highest BCUT2D eigenvalue weighted by Gasteiger charge is 2.08. The zero-order chi connectivity index (χ0) is 15.4.